The first-order chi connectivity index (χ1) is 17.4. The third-order valence-corrected chi connectivity index (χ3v) is 10.3. The molecule has 3 heterocycles. The number of carbonyl (C=O) groups is 3. The van der Waals surface area contributed by atoms with E-state index in [9.17, 15) is 19.5 Å². The Morgan fingerprint density at radius 1 is 1.06 bits per heavy atom. The SMILES string of the molecule is CC[C@H]1[C@H]2[C@@H](C[C@@H]1C)[C@H]1C[C@H]3/C=C\C(O)=C4C(=O)N[C@H](CCCNC(=O)/C=C\C[C@H]3[C@@H]1[C@H]1O[C@@H]12)C4=O. The highest BCUT2D eigenvalue weighted by Crippen LogP contribution is 2.66. The van der Waals surface area contributed by atoms with E-state index in [2.05, 4.69) is 24.5 Å². The van der Waals surface area contributed by atoms with Crippen LogP contribution in [0.3, 0.4) is 0 Å². The minimum absolute atomic E-state index is 0.122. The molecule has 36 heavy (non-hydrogen) atoms. The van der Waals surface area contributed by atoms with E-state index >= 15 is 0 Å². The van der Waals surface area contributed by atoms with Crippen LogP contribution in [0.1, 0.15) is 52.4 Å². The number of nitrogens with one attached hydrogen (secondary N) is 2. The number of carbonyl (C=O) groups excluding carboxylic acids is 3. The van der Waals surface area contributed by atoms with Gasteiger partial charge in [0.2, 0.25) is 5.91 Å². The molecule has 6 rings (SSSR count). The molecule has 6 aliphatic rings. The zero-order valence-electron chi connectivity index (χ0n) is 21.2. The third-order valence-electron chi connectivity index (χ3n) is 10.3. The summed E-state index contributed by atoms with van der Waals surface area (Å²) in [7, 11) is 0. The fraction of sp³-hybridized carbons (Fsp3) is 0.690. The normalized spacial score (nSPS) is 47.8. The number of aliphatic hydroxyl groups is 1. The van der Waals surface area contributed by atoms with Gasteiger partial charge in [-0.25, -0.2) is 0 Å². The van der Waals surface area contributed by atoms with Crippen molar-refractivity contribution < 1.29 is 24.2 Å². The Balaban J connectivity index is 1.32. The van der Waals surface area contributed by atoms with Crippen molar-refractivity contribution in [1.82, 2.24) is 10.6 Å². The highest BCUT2D eigenvalue weighted by atomic mass is 16.6. The third kappa shape index (κ3) is 3.85. The Bertz CT molecular complexity index is 1050. The topological polar surface area (TPSA) is 108 Å². The molecule has 5 fully saturated rings. The standard InChI is InChI=1S/C29H38N2O5/c1-3-16-14(2)12-18-19-13-15-9-10-21(32)25-26(34)20(31-29(25)35)7-5-11-30-22(33)8-4-6-17(15)24(19)28-27(36-28)23(16)18/h4,8-10,14-20,23-24,27-28,32H,3,5-7,11-13H2,1-2H3,(H,30,33)(H,31,35)/b8-4-,10-9-,25-21?/t14-,15+,16+,17+,18-,19+,20+,23-,24-,27+,28+/m0/s1. The molecular weight excluding hydrogens is 456 g/mol. The second-order valence-corrected chi connectivity index (χ2v) is 12.0. The Labute approximate surface area is 212 Å². The summed E-state index contributed by atoms with van der Waals surface area (Å²) in [6.07, 6.45) is 13.1. The van der Waals surface area contributed by atoms with E-state index in [1.165, 1.54) is 12.8 Å². The molecule has 2 saturated heterocycles. The van der Waals surface area contributed by atoms with Crippen molar-refractivity contribution in [2.75, 3.05) is 6.54 Å². The fourth-order valence-corrected chi connectivity index (χ4v) is 8.82. The molecule has 3 aliphatic carbocycles. The van der Waals surface area contributed by atoms with Crippen LogP contribution in [-0.2, 0) is 19.1 Å². The number of hydrogen-bond donors (Lipinski definition) is 3. The van der Waals surface area contributed by atoms with Crippen LogP contribution in [0.15, 0.2) is 35.6 Å². The summed E-state index contributed by atoms with van der Waals surface area (Å²) < 4.78 is 6.40. The molecule has 0 aromatic rings. The number of fused-ring (bicyclic) bond motifs is 10. The maximum atomic E-state index is 12.8. The smallest absolute Gasteiger partial charge is 0.259 e. The van der Waals surface area contributed by atoms with Gasteiger partial charge in [0.25, 0.3) is 5.91 Å². The average Bonchev–Trinajstić information content (AvgIpc) is 3.32. The minimum Gasteiger partial charge on any atom is -0.507 e. The molecule has 194 valence electrons. The van der Waals surface area contributed by atoms with Gasteiger partial charge in [-0.3, -0.25) is 14.4 Å². The minimum atomic E-state index is -0.651. The molecule has 0 radical (unpaired) electrons. The van der Waals surface area contributed by atoms with Crippen molar-refractivity contribution in [3.63, 3.8) is 0 Å². The summed E-state index contributed by atoms with van der Waals surface area (Å²) in [5.41, 5.74) is -0.139. The number of ketones is 1. The van der Waals surface area contributed by atoms with Gasteiger partial charge in [0.15, 0.2) is 5.78 Å². The van der Waals surface area contributed by atoms with Gasteiger partial charge in [0, 0.05) is 6.54 Å². The number of hydrogen-bond acceptors (Lipinski definition) is 5. The number of rotatable bonds is 1. The highest BCUT2D eigenvalue weighted by Gasteiger charge is 2.67. The summed E-state index contributed by atoms with van der Waals surface area (Å²) in [6.45, 7) is 5.14. The number of allylic oxidation sites excluding steroid dienone is 3. The van der Waals surface area contributed by atoms with Crippen molar-refractivity contribution in [1.29, 1.82) is 0 Å². The zero-order valence-corrected chi connectivity index (χ0v) is 21.2. The molecular formula is C29H38N2O5. The maximum absolute atomic E-state index is 12.8. The van der Waals surface area contributed by atoms with Gasteiger partial charge in [0.05, 0.1) is 18.2 Å². The quantitative estimate of drug-likeness (QED) is 0.383. The number of Topliss-reactive ketones (excluding diaryl/α,β-unsaturated/α-hetero) is 1. The van der Waals surface area contributed by atoms with Crippen LogP contribution in [-0.4, -0.2) is 47.5 Å². The number of aliphatic hydroxyl groups excluding tert-OH is 1. The van der Waals surface area contributed by atoms with Crippen LogP contribution >= 0.6 is 0 Å². The van der Waals surface area contributed by atoms with E-state index in [0.29, 0.717) is 67.1 Å². The Kier molecular flexibility index (Phi) is 6.09. The van der Waals surface area contributed by atoms with E-state index in [1.54, 1.807) is 12.2 Å². The summed E-state index contributed by atoms with van der Waals surface area (Å²) >= 11 is 0. The second kappa shape index (κ2) is 9.16. The zero-order chi connectivity index (χ0) is 25.1. The van der Waals surface area contributed by atoms with Gasteiger partial charge in [-0.1, -0.05) is 32.4 Å². The molecule has 11 atom stereocenters. The van der Waals surface area contributed by atoms with Crippen LogP contribution in [0.4, 0.5) is 0 Å². The van der Waals surface area contributed by atoms with Crippen molar-refractivity contribution >= 4 is 17.6 Å². The van der Waals surface area contributed by atoms with Crippen molar-refractivity contribution in [3.05, 3.63) is 35.6 Å². The molecule has 0 spiro atoms. The molecule has 7 heteroatoms. The predicted octanol–water partition coefficient (Wildman–Crippen LogP) is 3.23. The lowest BCUT2D eigenvalue weighted by atomic mass is 9.65. The maximum Gasteiger partial charge on any atom is 0.259 e. The first kappa shape index (κ1) is 24.0. The van der Waals surface area contributed by atoms with E-state index in [0.717, 1.165) is 18.8 Å². The second-order valence-electron chi connectivity index (χ2n) is 12.0. The molecule has 7 nitrogen and oxygen atoms in total. The molecule has 3 N–H and O–H groups in total. The predicted molar refractivity (Wildman–Crippen MR) is 134 cm³/mol. The molecule has 2 amide bonds. The van der Waals surface area contributed by atoms with Crippen LogP contribution < -0.4 is 10.6 Å². The van der Waals surface area contributed by atoms with Gasteiger partial charge in [-0.05, 0) is 91.6 Å². The molecule has 0 aromatic heterocycles. The van der Waals surface area contributed by atoms with Crippen molar-refractivity contribution in [2.24, 2.45) is 47.3 Å². The van der Waals surface area contributed by atoms with E-state index < -0.39 is 11.9 Å². The number of ether oxygens (including phenoxy) is 1. The molecule has 3 saturated carbocycles. The molecule has 0 aromatic carbocycles. The summed E-state index contributed by atoms with van der Waals surface area (Å²) in [6, 6.07) is -0.651. The lowest BCUT2D eigenvalue weighted by Gasteiger charge is -2.36. The largest absolute Gasteiger partial charge is 0.507 e. The monoisotopic (exact) mass is 494 g/mol. The molecule has 2 bridgehead atoms. The van der Waals surface area contributed by atoms with Crippen LogP contribution in [0.25, 0.3) is 0 Å². The Hall–Kier alpha value is -2.41. The summed E-state index contributed by atoms with van der Waals surface area (Å²) in [5.74, 6) is 3.03. The van der Waals surface area contributed by atoms with Crippen molar-refractivity contribution in [3.8, 4) is 0 Å². The Morgan fingerprint density at radius 2 is 1.83 bits per heavy atom. The van der Waals surface area contributed by atoms with Gasteiger partial charge in [0.1, 0.15) is 11.3 Å². The lowest BCUT2D eigenvalue weighted by Crippen LogP contribution is -2.39. The van der Waals surface area contributed by atoms with Gasteiger partial charge >= 0.3 is 0 Å². The fourth-order valence-electron chi connectivity index (χ4n) is 8.82. The van der Waals surface area contributed by atoms with E-state index in [1.807, 2.05) is 12.2 Å². The van der Waals surface area contributed by atoms with E-state index in [4.69, 9.17) is 4.74 Å². The van der Waals surface area contributed by atoms with Crippen molar-refractivity contribution in [2.45, 2.75) is 70.6 Å². The highest BCUT2D eigenvalue weighted by molar-refractivity contribution is 6.27. The number of epoxide rings is 1. The Morgan fingerprint density at radius 3 is 2.64 bits per heavy atom. The first-order valence-electron chi connectivity index (χ1n) is 13.9. The van der Waals surface area contributed by atoms with E-state index in [-0.39, 0.29) is 28.9 Å². The lowest BCUT2D eigenvalue weighted by molar-refractivity contribution is -0.118. The van der Waals surface area contributed by atoms with Gasteiger partial charge in [-0.15, -0.1) is 0 Å². The average molecular weight is 495 g/mol. The van der Waals surface area contributed by atoms with Crippen LogP contribution in [0, 0.1) is 47.3 Å². The van der Waals surface area contributed by atoms with Gasteiger partial charge in [-0.2, -0.15) is 0 Å². The summed E-state index contributed by atoms with van der Waals surface area (Å²) in [5, 5.41) is 16.4. The summed E-state index contributed by atoms with van der Waals surface area (Å²) in [4.78, 5) is 37.7. The first-order valence-corrected chi connectivity index (χ1v) is 13.9. The van der Waals surface area contributed by atoms with Gasteiger partial charge < -0.3 is 20.5 Å². The van der Waals surface area contributed by atoms with Crippen LogP contribution in [0.2, 0.25) is 0 Å². The van der Waals surface area contributed by atoms with Crippen LogP contribution in [0.5, 0.6) is 0 Å². The molecule has 0 unspecified atom stereocenters. The number of amides is 2. The molecule has 3 aliphatic heterocycles.